The number of methoxy groups -OCH3 is 1. The molecule has 0 fully saturated rings. The molecule has 146 valence electrons. The van der Waals surface area contributed by atoms with Crippen molar-refractivity contribution in [3.05, 3.63) is 35.4 Å². The van der Waals surface area contributed by atoms with E-state index in [0.717, 1.165) is 32.2 Å². The van der Waals surface area contributed by atoms with Gasteiger partial charge in [-0.1, -0.05) is 62.9 Å². The van der Waals surface area contributed by atoms with Crippen molar-refractivity contribution in [3.8, 4) is 0 Å². The smallest absolute Gasteiger partial charge is 0.310 e. The maximum atomic E-state index is 12.7. The fourth-order valence-corrected chi connectivity index (χ4v) is 3.01. The van der Waals surface area contributed by atoms with E-state index in [1.807, 2.05) is 11.8 Å². The molecule has 0 bridgehead atoms. The number of nitrogens with zero attached hydrogens (tertiary/aromatic N) is 1. The second-order valence-electron chi connectivity index (χ2n) is 7.16. The molecule has 1 aromatic carbocycles. The predicted molar refractivity (Wildman–Crippen MR) is 106 cm³/mol. The fourth-order valence-electron chi connectivity index (χ4n) is 3.01. The van der Waals surface area contributed by atoms with Crippen LogP contribution >= 0.6 is 0 Å². The lowest BCUT2D eigenvalue weighted by Crippen LogP contribution is -2.38. The number of aryl methyl sites for hydroxylation is 2. The van der Waals surface area contributed by atoms with Crippen molar-refractivity contribution in [2.45, 2.75) is 65.7 Å². The van der Waals surface area contributed by atoms with Crippen LogP contribution in [0, 0.1) is 12.8 Å². The molecular weight excluding hydrogens is 326 g/mol. The van der Waals surface area contributed by atoms with Crippen molar-refractivity contribution in [2.24, 2.45) is 5.92 Å². The molecule has 1 amide bonds. The molecule has 1 unspecified atom stereocenters. The molecule has 4 nitrogen and oxygen atoms in total. The van der Waals surface area contributed by atoms with Gasteiger partial charge in [0, 0.05) is 19.5 Å². The van der Waals surface area contributed by atoms with Crippen molar-refractivity contribution in [1.82, 2.24) is 4.90 Å². The summed E-state index contributed by atoms with van der Waals surface area (Å²) < 4.78 is 4.81. The van der Waals surface area contributed by atoms with Crippen LogP contribution in [0.4, 0.5) is 0 Å². The van der Waals surface area contributed by atoms with Crippen LogP contribution < -0.4 is 0 Å². The highest BCUT2D eigenvalue weighted by Crippen LogP contribution is 2.12. The van der Waals surface area contributed by atoms with Gasteiger partial charge in [-0.05, 0) is 31.7 Å². The molecule has 0 aromatic heterocycles. The summed E-state index contributed by atoms with van der Waals surface area (Å²) in [5, 5.41) is 0. The quantitative estimate of drug-likeness (QED) is 0.406. The predicted octanol–water partition coefficient (Wildman–Crippen LogP) is 4.54. The Bertz CT molecular complexity index is 539. The standard InChI is InChI=1S/C22H35NO3/c1-5-6-7-8-16-23(17-19(3)22(25)26-4)21(24)11-9-10-20-14-12-18(2)13-15-20/h12-15,19H,5-11,16-17H2,1-4H3. The minimum Gasteiger partial charge on any atom is -0.469 e. The van der Waals surface area contributed by atoms with Crippen LogP contribution in [0.1, 0.15) is 63.5 Å². The van der Waals surface area contributed by atoms with Gasteiger partial charge >= 0.3 is 5.97 Å². The van der Waals surface area contributed by atoms with E-state index in [2.05, 4.69) is 38.1 Å². The van der Waals surface area contributed by atoms with Gasteiger partial charge in [-0.15, -0.1) is 0 Å². The first-order valence-corrected chi connectivity index (χ1v) is 9.89. The number of esters is 1. The maximum Gasteiger partial charge on any atom is 0.310 e. The van der Waals surface area contributed by atoms with Crippen LogP contribution in [-0.4, -0.2) is 37.0 Å². The lowest BCUT2D eigenvalue weighted by molar-refractivity contribution is -0.146. The van der Waals surface area contributed by atoms with Crippen molar-refractivity contribution in [3.63, 3.8) is 0 Å². The number of hydrogen-bond donors (Lipinski definition) is 0. The summed E-state index contributed by atoms with van der Waals surface area (Å²) in [4.78, 5) is 26.2. The van der Waals surface area contributed by atoms with E-state index in [0.29, 0.717) is 13.0 Å². The zero-order valence-corrected chi connectivity index (χ0v) is 16.9. The minimum atomic E-state index is -0.285. The summed E-state index contributed by atoms with van der Waals surface area (Å²) >= 11 is 0. The molecule has 0 aliphatic rings. The van der Waals surface area contributed by atoms with E-state index >= 15 is 0 Å². The molecule has 0 spiro atoms. The summed E-state index contributed by atoms with van der Waals surface area (Å²) in [5.74, 6) is -0.396. The van der Waals surface area contributed by atoms with Gasteiger partial charge < -0.3 is 9.64 Å². The van der Waals surface area contributed by atoms with Crippen LogP contribution in [0.25, 0.3) is 0 Å². The zero-order valence-electron chi connectivity index (χ0n) is 16.9. The number of unbranched alkanes of at least 4 members (excludes halogenated alkanes) is 3. The molecule has 1 rings (SSSR count). The number of hydrogen-bond acceptors (Lipinski definition) is 3. The van der Waals surface area contributed by atoms with Gasteiger partial charge in [0.05, 0.1) is 13.0 Å². The molecule has 0 aliphatic heterocycles. The normalized spacial score (nSPS) is 11.8. The van der Waals surface area contributed by atoms with E-state index in [-0.39, 0.29) is 17.8 Å². The van der Waals surface area contributed by atoms with Crippen LogP contribution in [0.2, 0.25) is 0 Å². The first-order valence-electron chi connectivity index (χ1n) is 9.89. The summed E-state index contributed by atoms with van der Waals surface area (Å²) in [7, 11) is 1.40. The highest BCUT2D eigenvalue weighted by Gasteiger charge is 2.21. The molecule has 1 atom stereocenters. The van der Waals surface area contributed by atoms with Gasteiger partial charge in [0.2, 0.25) is 5.91 Å². The van der Waals surface area contributed by atoms with Crippen molar-refractivity contribution < 1.29 is 14.3 Å². The number of carbonyl (C=O) groups excluding carboxylic acids is 2. The third kappa shape index (κ3) is 8.50. The molecule has 4 heteroatoms. The Morgan fingerprint density at radius 2 is 1.77 bits per heavy atom. The molecule has 0 N–H and O–H groups in total. The van der Waals surface area contributed by atoms with Crippen molar-refractivity contribution >= 4 is 11.9 Å². The second kappa shape index (κ2) is 12.5. The molecule has 0 saturated carbocycles. The van der Waals surface area contributed by atoms with Crippen LogP contribution in [0.3, 0.4) is 0 Å². The Morgan fingerprint density at radius 1 is 1.08 bits per heavy atom. The van der Waals surface area contributed by atoms with Gasteiger partial charge in [-0.3, -0.25) is 9.59 Å². The Hall–Kier alpha value is -1.84. The number of benzene rings is 1. The van der Waals surface area contributed by atoms with E-state index in [4.69, 9.17) is 4.74 Å². The third-order valence-electron chi connectivity index (χ3n) is 4.71. The Balaban J connectivity index is 2.52. The highest BCUT2D eigenvalue weighted by atomic mass is 16.5. The maximum absolute atomic E-state index is 12.7. The van der Waals surface area contributed by atoms with Crippen LogP contribution in [0.5, 0.6) is 0 Å². The van der Waals surface area contributed by atoms with Crippen molar-refractivity contribution in [2.75, 3.05) is 20.2 Å². The average molecular weight is 362 g/mol. The van der Waals surface area contributed by atoms with Gasteiger partial charge in [-0.25, -0.2) is 0 Å². The number of amides is 1. The number of carbonyl (C=O) groups is 2. The molecule has 26 heavy (non-hydrogen) atoms. The molecule has 0 saturated heterocycles. The van der Waals surface area contributed by atoms with Gasteiger partial charge in [0.15, 0.2) is 0 Å². The summed E-state index contributed by atoms with van der Waals surface area (Å²) in [5.41, 5.74) is 2.51. The SMILES string of the molecule is CCCCCCN(CC(C)C(=O)OC)C(=O)CCCc1ccc(C)cc1. The van der Waals surface area contributed by atoms with E-state index in [1.54, 1.807) is 0 Å². The summed E-state index contributed by atoms with van der Waals surface area (Å²) in [6.45, 7) is 7.25. The first-order chi connectivity index (χ1) is 12.5. The van der Waals surface area contributed by atoms with Gasteiger partial charge in [0.25, 0.3) is 0 Å². The van der Waals surface area contributed by atoms with Gasteiger partial charge in [-0.2, -0.15) is 0 Å². The molecule has 0 radical (unpaired) electrons. The van der Waals surface area contributed by atoms with Crippen LogP contribution in [0.15, 0.2) is 24.3 Å². The Kier molecular flexibility index (Phi) is 10.7. The largest absolute Gasteiger partial charge is 0.469 e. The monoisotopic (exact) mass is 361 g/mol. The van der Waals surface area contributed by atoms with Crippen LogP contribution in [-0.2, 0) is 20.7 Å². The van der Waals surface area contributed by atoms with E-state index in [1.165, 1.54) is 31.1 Å². The molecule has 1 aromatic rings. The van der Waals surface area contributed by atoms with E-state index < -0.39 is 0 Å². The Labute approximate surface area is 158 Å². The molecular formula is C22H35NO3. The Morgan fingerprint density at radius 3 is 2.38 bits per heavy atom. The average Bonchev–Trinajstić information content (AvgIpc) is 2.64. The van der Waals surface area contributed by atoms with Gasteiger partial charge in [0.1, 0.15) is 0 Å². The first kappa shape index (κ1) is 22.2. The highest BCUT2D eigenvalue weighted by molar-refractivity contribution is 5.78. The fraction of sp³-hybridized carbons (Fsp3) is 0.636. The minimum absolute atomic E-state index is 0.143. The van der Waals surface area contributed by atoms with Crippen molar-refractivity contribution in [1.29, 1.82) is 0 Å². The van der Waals surface area contributed by atoms with E-state index in [9.17, 15) is 9.59 Å². The molecule has 0 heterocycles. The zero-order chi connectivity index (χ0) is 19.4. The third-order valence-corrected chi connectivity index (χ3v) is 4.71. The number of ether oxygens (including phenoxy) is 1. The lowest BCUT2D eigenvalue weighted by Gasteiger charge is -2.25. The molecule has 0 aliphatic carbocycles. The summed E-state index contributed by atoms with van der Waals surface area (Å²) in [6.07, 6.45) is 6.73. The lowest BCUT2D eigenvalue weighted by atomic mass is 10.1. The summed E-state index contributed by atoms with van der Waals surface area (Å²) in [6, 6.07) is 8.47. The topological polar surface area (TPSA) is 46.6 Å². The second-order valence-corrected chi connectivity index (χ2v) is 7.16. The number of rotatable bonds is 12.